The summed E-state index contributed by atoms with van der Waals surface area (Å²) in [7, 11) is 0. The smallest absolute Gasteiger partial charge is 0.314 e. The number of piperidine rings is 1. The van der Waals surface area contributed by atoms with Gasteiger partial charge in [0.25, 0.3) is 0 Å². The SMILES string of the molecule is N#Cc1ccccc1N1CCN(C(=O)C2CCCN(C(N)=O)C2)CC1. The standard InChI is InChI=1S/C18H23N5O2/c19-12-14-4-1-2-6-16(14)21-8-10-22(11-9-21)17(24)15-5-3-7-23(13-15)18(20)25/h1-2,4,6,15H,3,5,7-11,13H2,(H2,20,25). The second-order valence-electron chi connectivity index (χ2n) is 6.56. The van der Waals surface area contributed by atoms with Crippen LogP contribution in [0.3, 0.4) is 0 Å². The van der Waals surface area contributed by atoms with Crippen LogP contribution in [0.1, 0.15) is 18.4 Å². The predicted octanol–water partition coefficient (Wildman–Crippen LogP) is 0.998. The Kier molecular flexibility index (Phi) is 5.08. The summed E-state index contributed by atoms with van der Waals surface area (Å²) in [5, 5.41) is 9.25. The van der Waals surface area contributed by atoms with Crippen LogP contribution in [0.2, 0.25) is 0 Å². The van der Waals surface area contributed by atoms with Crippen molar-refractivity contribution in [2.75, 3.05) is 44.2 Å². The van der Waals surface area contributed by atoms with E-state index in [-0.39, 0.29) is 11.8 Å². The Bertz CT molecular complexity index is 691. The Morgan fingerprint density at radius 1 is 1.08 bits per heavy atom. The number of carbonyl (C=O) groups excluding carboxylic acids is 2. The molecule has 1 unspecified atom stereocenters. The normalized spacial score (nSPS) is 20.9. The molecular weight excluding hydrogens is 318 g/mol. The molecule has 2 aliphatic heterocycles. The number of hydrogen-bond acceptors (Lipinski definition) is 4. The first-order valence-corrected chi connectivity index (χ1v) is 8.67. The zero-order valence-corrected chi connectivity index (χ0v) is 14.2. The Morgan fingerprint density at radius 3 is 2.48 bits per heavy atom. The molecule has 132 valence electrons. The van der Waals surface area contributed by atoms with E-state index in [0.29, 0.717) is 44.8 Å². The van der Waals surface area contributed by atoms with Crippen molar-refractivity contribution in [1.29, 1.82) is 5.26 Å². The second-order valence-corrected chi connectivity index (χ2v) is 6.56. The third-order valence-corrected chi connectivity index (χ3v) is 5.04. The average Bonchev–Trinajstić information content (AvgIpc) is 2.67. The lowest BCUT2D eigenvalue weighted by Crippen LogP contribution is -2.53. The van der Waals surface area contributed by atoms with Gasteiger partial charge >= 0.3 is 6.03 Å². The second kappa shape index (κ2) is 7.43. The minimum absolute atomic E-state index is 0.110. The van der Waals surface area contributed by atoms with Gasteiger partial charge in [-0.3, -0.25) is 4.79 Å². The highest BCUT2D eigenvalue weighted by molar-refractivity contribution is 5.81. The van der Waals surface area contributed by atoms with E-state index in [1.165, 1.54) is 0 Å². The Labute approximate surface area is 147 Å². The molecule has 0 aromatic heterocycles. The van der Waals surface area contributed by atoms with Crippen molar-refractivity contribution >= 4 is 17.6 Å². The molecule has 1 atom stereocenters. The van der Waals surface area contributed by atoms with Crippen LogP contribution >= 0.6 is 0 Å². The molecule has 0 radical (unpaired) electrons. The van der Waals surface area contributed by atoms with Crippen molar-refractivity contribution in [2.24, 2.45) is 11.7 Å². The third kappa shape index (κ3) is 3.68. The number of primary amides is 1. The number of likely N-dealkylation sites (tertiary alicyclic amines) is 1. The van der Waals surface area contributed by atoms with Crippen molar-refractivity contribution in [1.82, 2.24) is 9.80 Å². The van der Waals surface area contributed by atoms with Gasteiger partial charge in [-0.25, -0.2) is 4.79 Å². The van der Waals surface area contributed by atoms with Gasteiger partial charge < -0.3 is 20.4 Å². The molecule has 0 spiro atoms. The Hall–Kier alpha value is -2.75. The van der Waals surface area contributed by atoms with Crippen LogP contribution in [-0.4, -0.2) is 61.0 Å². The van der Waals surface area contributed by atoms with Gasteiger partial charge in [0.05, 0.1) is 17.2 Å². The first-order chi connectivity index (χ1) is 12.1. The summed E-state index contributed by atoms with van der Waals surface area (Å²) >= 11 is 0. The molecule has 2 heterocycles. The van der Waals surface area contributed by atoms with Gasteiger partial charge in [-0.2, -0.15) is 5.26 Å². The molecule has 25 heavy (non-hydrogen) atoms. The van der Waals surface area contributed by atoms with Crippen molar-refractivity contribution in [3.8, 4) is 6.07 Å². The number of piperazine rings is 1. The van der Waals surface area contributed by atoms with Gasteiger partial charge in [-0.1, -0.05) is 12.1 Å². The summed E-state index contributed by atoms with van der Waals surface area (Å²) in [6, 6.07) is 9.31. The van der Waals surface area contributed by atoms with E-state index in [4.69, 9.17) is 5.73 Å². The third-order valence-electron chi connectivity index (χ3n) is 5.04. The van der Waals surface area contributed by atoms with Crippen molar-refractivity contribution in [3.63, 3.8) is 0 Å². The molecule has 3 amide bonds. The zero-order valence-electron chi connectivity index (χ0n) is 14.2. The van der Waals surface area contributed by atoms with E-state index < -0.39 is 6.03 Å². The monoisotopic (exact) mass is 341 g/mol. The summed E-state index contributed by atoms with van der Waals surface area (Å²) in [6.45, 7) is 3.73. The van der Waals surface area contributed by atoms with Crippen LogP contribution in [0.4, 0.5) is 10.5 Å². The number of hydrogen-bond donors (Lipinski definition) is 1. The van der Waals surface area contributed by atoms with E-state index in [0.717, 1.165) is 18.5 Å². The number of nitrogens with two attached hydrogens (primary N) is 1. The molecule has 2 N–H and O–H groups in total. The van der Waals surface area contributed by atoms with E-state index in [2.05, 4.69) is 11.0 Å². The van der Waals surface area contributed by atoms with Crippen LogP contribution in [-0.2, 0) is 4.79 Å². The zero-order chi connectivity index (χ0) is 17.8. The van der Waals surface area contributed by atoms with Crippen molar-refractivity contribution < 1.29 is 9.59 Å². The number of rotatable bonds is 2. The summed E-state index contributed by atoms with van der Waals surface area (Å²) in [6.07, 6.45) is 1.62. The number of anilines is 1. The molecule has 2 fully saturated rings. The van der Waals surface area contributed by atoms with Crippen LogP contribution in [0, 0.1) is 17.2 Å². The maximum Gasteiger partial charge on any atom is 0.314 e. The summed E-state index contributed by atoms with van der Waals surface area (Å²) < 4.78 is 0. The van der Waals surface area contributed by atoms with E-state index in [1.54, 1.807) is 4.90 Å². The Morgan fingerprint density at radius 2 is 1.80 bits per heavy atom. The molecule has 0 bridgehead atoms. The molecule has 1 aromatic carbocycles. The number of urea groups is 1. The summed E-state index contributed by atoms with van der Waals surface area (Å²) in [5.41, 5.74) is 6.93. The summed E-state index contributed by atoms with van der Waals surface area (Å²) in [4.78, 5) is 29.7. The van der Waals surface area contributed by atoms with Gasteiger partial charge in [0.1, 0.15) is 6.07 Å². The van der Waals surface area contributed by atoms with Gasteiger partial charge in [-0.15, -0.1) is 0 Å². The fourth-order valence-electron chi connectivity index (χ4n) is 3.65. The van der Waals surface area contributed by atoms with E-state index >= 15 is 0 Å². The van der Waals surface area contributed by atoms with Crippen molar-refractivity contribution in [3.05, 3.63) is 29.8 Å². The molecule has 3 rings (SSSR count). The van der Waals surface area contributed by atoms with Crippen LogP contribution in [0.5, 0.6) is 0 Å². The molecule has 7 heteroatoms. The molecule has 7 nitrogen and oxygen atoms in total. The van der Waals surface area contributed by atoms with Crippen LogP contribution < -0.4 is 10.6 Å². The number of benzene rings is 1. The number of nitriles is 1. The van der Waals surface area contributed by atoms with Crippen LogP contribution in [0.15, 0.2) is 24.3 Å². The topological polar surface area (TPSA) is 93.7 Å². The minimum Gasteiger partial charge on any atom is -0.367 e. The highest BCUT2D eigenvalue weighted by atomic mass is 16.2. The van der Waals surface area contributed by atoms with E-state index in [9.17, 15) is 14.9 Å². The number of nitrogens with zero attached hydrogens (tertiary/aromatic N) is 4. The van der Waals surface area contributed by atoms with E-state index in [1.807, 2.05) is 29.2 Å². The molecule has 0 saturated carbocycles. The maximum atomic E-state index is 12.8. The molecule has 0 aliphatic carbocycles. The molecule has 2 aliphatic rings. The fraction of sp³-hybridized carbons (Fsp3) is 0.500. The van der Waals surface area contributed by atoms with Gasteiger partial charge in [-0.05, 0) is 25.0 Å². The van der Waals surface area contributed by atoms with Gasteiger partial charge in [0.2, 0.25) is 5.91 Å². The number of amides is 3. The lowest BCUT2D eigenvalue weighted by atomic mass is 9.96. The first kappa shape index (κ1) is 17.1. The lowest BCUT2D eigenvalue weighted by Gasteiger charge is -2.39. The first-order valence-electron chi connectivity index (χ1n) is 8.67. The van der Waals surface area contributed by atoms with Crippen molar-refractivity contribution in [2.45, 2.75) is 12.8 Å². The minimum atomic E-state index is -0.449. The number of carbonyl (C=O) groups is 2. The maximum absolute atomic E-state index is 12.8. The highest BCUT2D eigenvalue weighted by Gasteiger charge is 2.32. The Balaban J connectivity index is 1.59. The van der Waals surface area contributed by atoms with Gasteiger partial charge in [0.15, 0.2) is 0 Å². The quantitative estimate of drug-likeness (QED) is 0.868. The highest BCUT2D eigenvalue weighted by Crippen LogP contribution is 2.23. The fourth-order valence-corrected chi connectivity index (χ4v) is 3.65. The molecule has 1 aromatic rings. The predicted molar refractivity (Wildman–Crippen MR) is 93.8 cm³/mol. The molecule has 2 saturated heterocycles. The van der Waals surface area contributed by atoms with Gasteiger partial charge in [0, 0.05) is 39.3 Å². The number of para-hydroxylation sites is 1. The molecular formula is C18H23N5O2. The lowest BCUT2D eigenvalue weighted by molar-refractivity contribution is -0.137. The summed E-state index contributed by atoms with van der Waals surface area (Å²) in [5.74, 6) is -0.0432. The van der Waals surface area contributed by atoms with Crippen LogP contribution in [0.25, 0.3) is 0 Å². The average molecular weight is 341 g/mol. The largest absolute Gasteiger partial charge is 0.367 e.